The molecule has 2 nitrogen and oxygen atoms in total. The maximum absolute atomic E-state index is 8.98. The van der Waals surface area contributed by atoms with E-state index in [0.717, 1.165) is 16.4 Å². The zero-order valence-corrected chi connectivity index (χ0v) is 8.10. The molecule has 3 aromatic rings. The van der Waals surface area contributed by atoms with Crippen molar-refractivity contribution >= 4 is 21.7 Å². The zero-order chi connectivity index (χ0) is 10.3. The Labute approximate surface area is 86.7 Å². The molecule has 3 rings (SSSR count). The average molecular weight is 198 g/mol. The fraction of sp³-hybridized carbons (Fsp3) is 0.0769. The third-order valence-corrected chi connectivity index (χ3v) is 2.59. The Morgan fingerprint density at radius 1 is 0.933 bits per heavy atom. The number of hydrogen-bond donors (Lipinski definition) is 1. The third-order valence-electron chi connectivity index (χ3n) is 2.59. The Balaban J connectivity index is 2.39. The standard InChI is InChI=1S/C13H10O2/c14-8-12-6-11-5-9-3-1-2-4-10(9)7-13(11)15-12/h1-7,14H,8H2. The summed E-state index contributed by atoms with van der Waals surface area (Å²) in [5.74, 6) is 0.611. The van der Waals surface area contributed by atoms with Crippen LogP contribution in [0.15, 0.2) is 46.9 Å². The lowest BCUT2D eigenvalue weighted by Crippen LogP contribution is -1.72. The number of furan rings is 1. The molecular formula is C13H10O2. The molecule has 1 N–H and O–H groups in total. The molecule has 0 saturated carbocycles. The molecule has 0 spiro atoms. The first-order valence-corrected chi connectivity index (χ1v) is 4.89. The first-order valence-electron chi connectivity index (χ1n) is 4.89. The second kappa shape index (κ2) is 3.11. The maximum atomic E-state index is 8.98. The maximum Gasteiger partial charge on any atom is 0.135 e. The van der Waals surface area contributed by atoms with Gasteiger partial charge < -0.3 is 9.52 Å². The first kappa shape index (κ1) is 8.50. The molecule has 0 atom stereocenters. The van der Waals surface area contributed by atoms with Crippen molar-refractivity contribution in [2.45, 2.75) is 6.61 Å². The van der Waals surface area contributed by atoms with Crippen LogP contribution in [0.2, 0.25) is 0 Å². The second-order valence-corrected chi connectivity index (χ2v) is 3.61. The van der Waals surface area contributed by atoms with Crippen molar-refractivity contribution in [3.63, 3.8) is 0 Å². The molecule has 0 unspecified atom stereocenters. The molecule has 0 saturated heterocycles. The molecule has 1 aromatic heterocycles. The predicted molar refractivity (Wildman–Crippen MR) is 59.6 cm³/mol. The highest BCUT2D eigenvalue weighted by Crippen LogP contribution is 2.25. The van der Waals surface area contributed by atoms with Gasteiger partial charge in [0.15, 0.2) is 0 Å². The first-order chi connectivity index (χ1) is 7.36. The SMILES string of the molecule is OCc1cc2cc3ccccc3cc2o1. The van der Waals surface area contributed by atoms with Crippen LogP contribution < -0.4 is 0 Å². The fourth-order valence-electron chi connectivity index (χ4n) is 1.86. The van der Waals surface area contributed by atoms with Crippen molar-refractivity contribution < 1.29 is 9.52 Å². The number of fused-ring (bicyclic) bond motifs is 2. The molecule has 0 aliphatic rings. The van der Waals surface area contributed by atoms with E-state index in [2.05, 4.69) is 18.2 Å². The van der Waals surface area contributed by atoms with E-state index in [4.69, 9.17) is 9.52 Å². The van der Waals surface area contributed by atoms with Gasteiger partial charge in [0.05, 0.1) is 0 Å². The van der Waals surface area contributed by atoms with Crippen LogP contribution in [-0.4, -0.2) is 5.11 Å². The Kier molecular flexibility index (Phi) is 1.76. The normalized spacial score (nSPS) is 11.3. The second-order valence-electron chi connectivity index (χ2n) is 3.61. The lowest BCUT2D eigenvalue weighted by molar-refractivity contribution is 0.251. The summed E-state index contributed by atoms with van der Waals surface area (Å²) in [5, 5.41) is 12.4. The van der Waals surface area contributed by atoms with Crippen molar-refractivity contribution in [1.29, 1.82) is 0 Å². The summed E-state index contributed by atoms with van der Waals surface area (Å²) < 4.78 is 5.48. The molecule has 0 radical (unpaired) electrons. The van der Waals surface area contributed by atoms with Gasteiger partial charge in [-0.1, -0.05) is 24.3 Å². The van der Waals surface area contributed by atoms with Crippen molar-refractivity contribution in [3.8, 4) is 0 Å². The van der Waals surface area contributed by atoms with Crippen LogP contribution in [0.25, 0.3) is 21.7 Å². The summed E-state index contributed by atoms with van der Waals surface area (Å²) in [6.45, 7) is -0.0506. The summed E-state index contributed by atoms with van der Waals surface area (Å²) >= 11 is 0. The number of aliphatic hydroxyl groups is 1. The van der Waals surface area contributed by atoms with E-state index >= 15 is 0 Å². The molecule has 0 aliphatic carbocycles. The quantitative estimate of drug-likeness (QED) is 0.651. The Bertz CT molecular complexity index is 570. The van der Waals surface area contributed by atoms with Crippen LogP contribution in [0.1, 0.15) is 5.76 Å². The number of aliphatic hydroxyl groups excluding tert-OH is 1. The minimum atomic E-state index is -0.0506. The van der Waals surface area contributed by atoms with Crippen LogP contribution >= 0.6 is 0 Å². The van der Waals surface area contributed by atoms with E-state index in [-0.39, 0.29) is 6.61 Å². The van der Waals surface area contributed by atoms with Gasteiger partial charge in [0.1, 0.15) is 18.0 Å². The largest absolute Gasteiger partial charge is 0.459 e. The molecule has 74 valence electrons. The van der Waals surface area contributed by atoms with E-state index in [1.807, 2.05) is 24.3 Å². The minimum Gasteiger partial charge on any atom is -0.459 e. The van der Waals surface area contributed by atoms with Crippen LogP contribution in [0.5, 0.6) is 0 Å². The van der Waals surface area contributed by atoms with E-state index in [1.54, 1.807) is 0 Å². The summed E-state index contributed by atoms with van der Waals surface area (Å²) in [6.07, 6.45) is 0. The van der Waals surface area contributed by atoms with Crippen LogP contribution in [0, 0.1) is 0 Å². The van der Waals surface area contributed by atoms with Crippen LogP contribution in [0.3, 0.4) is 0 Å². The molecular weight excluding hydrogens is 188 g/mol. The lowest BCUT2D eigenvalue weighted by atomic mass is 10.1. The smallest absolute Gasteiger partial charge is 0.135 e. The third kappa shape index (κ3) is 1.30. The van der Waals surface area contributed by atoms with Gasteiger partial charge in [-0.3, -0.25) is 0 Å². The highest BCUT2D eigenvalue weighted by molar-refractivity contribution is 5.96. The summed E-state index contributed by atoms with van der Waals surface area (Å²) in [5.41, 5.74) is 0.831. The van der Waals surface area contributed by atoms with Crippen LogP contribution in [0.4, 0.5) is 0 Å². The van der Waals surface area contributed by atoms with Gasteiger partial charge in [-0.2, -0.15) is 0 Å². The number of benzene rings is 2. The van der Waals surface area contributed by atoms with Crippen molar-refractivity contribution in [2.75, 3.05) is 0 Å². The molecule has 1 heterocycles. The lowest BCUT2D eigenvalue weighted by Gasteiger charge is -1.95. The predicted octanol–water partition coefficient (Wildman–Crippen LogP) is 3.08. The molecule has 15 heavy (non-hydrogen) atoms. The van der Waals surface area contributed by atoms with E-state index in [0.29, 0.717) is 5.76 Å². The van der Waals surface area contributed by atoms with Crippen molar-refractivity contribution in [2.24, 2.45) is 0 Å². The summed E-state index contributed by atoms with van der Waals surface area (Å²) in [7, 11) is 0. The van der Waals surface area contributed by atoms with Crippen molar-refractivity contribution in [3.05, 3.63) is 48.2 Å². The number of hydrogen-bond acceptors (Lipinski definition) is 2. The Morgan fingerprint density at radius 2 is 1.67 bits per heavy atom. The van der Waals surface area contributed by atoms with E-state index in [1.165, 1.54) is 5.39 Å². The molecule has 2 heteroatoms. The van der Waals surface area contributed by atoms with Gasteiger partial charge in [0, 0.05) is 5.39 Å². The van der Waals surface area contributed by atoms with Gasteiger partial charge in [-0.25, -0.2) is 0 Å². The molecule has 2 aromatic carbocycles. The van der Waals surface area contributed by atoms with E-state index in [9.17, 15) is 0 Å². The van der Waals surface area contributed by atoms with Gasteiger partial charge in [-0.15, -0.1) is 0 Å². The average Bonchev–Trinajstić information content (AvgIpc) is 2.67. The molecule has 0 amide bonds. The Morgan fingerprint density at radius 3 is 2.40 bits per heavy atom. The van der Waals surface area contributed by atoms with Gasteiger partial charge in [0.25, 0.3) is 0 Å². The highest BCUT2D eigenvalue weighted by Gasteiger charge is 2.03. The zero-order valence-electron chi connectivity index (χ0n) is 8.10. The monoisotopic (exact) mass is 198 g/mol. The highest BCUT2D eigenvalue weighted by atomic mass is 16.4. The minimum absolute atomic E-state index is 0.0506. The van der Waals surface area contributed by atoms with Crippen LogP contribution in [-0.2, 0) is 6.61 Å². The van der Waals surface area contributed by atoms with E-state index < -0.39 is 0 Å². The summed E-state index contributed by atoms with van der Waals surface area (Å²) in [6, 6.07) is 14.1. The Hall–Kier alpha value is -1.80. The topological polar surface area (TPSA) is 33.4 Å². The molecule has 0 fully saturated rings. The van der Waals surface area contributed by atoms with Crippen molar-refractivity contribution in [1.82, 2.24) is 0 Å². The van der Waals surface area contributed by atoms with Gasteiger partial charge in [-0.05, 0) is 29.0 Å². The van der Waals surface area contributed by atoms with Gasteiger partial charge in [0.2, 0.25) is 0 Å². The molecule has 0 bridgehead atoms. The number of rotatable bonds is 1. The fourth-order valence-corrected chi connectivity index (χ4v) is 1.86. The summed E-state index contributed by atoms with van der Waals surface area (Å²) in [4.78, 5) is 0. The molecule has 0 aliphatic heterocycles. The van der Waals surface area contributed by atoms with Gasteiger partial charge >= 0.3 is 0 Å².